The van der Waals surface area contributed by atoms with Gasteiger partial charge in [0, 0.05) is 0 Å². The predicted molar refractivity (Wildman–Crippen MR) is 82.8 cm³/mol. The molecular weight excluding hydrogens is 304 g/mol. The Morgan fingerprint density at radius 3 is 2.41 bits per heavy atom. The minimum Gasteiger partial charge on any atom is -0.394 e. The van der Waals surface area contributed by atoms with Crippen molar-refractivity contribution >= 4 is 15.1 Å². The smallest absolute Gasteiger partial charge is 0.394 e. The van der Waals surface area contributed by atoms with E-state index in [1.165, 1.54) is 0 Å². The van der Waals surface area contributed by atoms with Crippen LogP contribution < -0.4 is 0 Å². The van der Waals surface area contributed by atoms with E-state index in [-0.39, 0.29) is 13.2 Å². The van der Waals surface area contributed by atoms with Crippen LogP contribution in [0.15, 0.2) is 30.8 Å². The number of benzene rings is 1. The van der Waals surface area contributed by atoms with E-state index < -0.39 is 9.05 Å². The SMILES string of the molecule is C=Cc1ccc(COCCO[Si]2(OCCO)OCCO2)cc1. The normalized spacial score (nSPS) is 16.8. The molecule has 0 unspecified atom stereocenters. The van der Waals surface area contributed by atoms with E-state index in [1.54, 1.807) is 6.08 Å². The van der Waals surface area contributed by atoms with Crippen LogP contribution in [0.25, 0.3) is 6.08 Å². The lowest BCUT2D eigenvalue weighted by molar-refractivity contribution is -0.00818. The second-order valence-corrected chi connectivity index (χ2v) is 6.77. The van der Waals surface area contributed by atoms with Crippen molar-refractivity contribution in [2.75, 3.05) is 39.6 Å². The summed E-state index contributed by atoms with van der Waals surface area (Å²) < 4.78 is 27.4. The fraction of sp³-hybridized carbons (Fsp3) is 0.467. The van der Waals surface area contributed by atoms with E-state index in [4.69, 9.17) is 27.5 Å². The van der Waals surface area contributed by atoms with Gasteiger partial charge in [-0.15, -0.1) is 0 Å². The third kappa shape index (κ3) is 5.29. The zero-order valence-corrected chi connectivity index (χ0v) is 13.5. The number of rotatable bonds is 10. The van der Waals surface area contributed by atoms with Gasteiger partial charge in [-0.05, 0) is 11.1 Å². The highest BCUT2D eigenvalue weighted by Gasteiger charge is 2.49. The van der Waals surface area contributed by atoms with Crippen LogP contribution in [0.4, 0.5) is 0 Å². The highest BCUT2D eigenvalue weighted by atomic mass is 28.4. The zero-order valence-electron chi connectivity index (χ0n) is 12.5. The highest BCUT2D eigenvalue weighted by Crippen LogP contribution is 2.17. The Balaban J connectivity index is 1.66. The fourth-order valence-corrected chi connectivity index (χ4v) is 3.76. The van der Waals surface area contributed by atoms with Crippen molar-refractivity contribution in [1.82, 2.24) is 0 Å². The minimum absolute atomic E-state index is 0.0952. The summed E-state index contributed by atoms with van der Waals surface area (Å²) in [7, 11) is -3.05. The summed E-state index contributed by atoms with van der Waals surface area (Å²) in [6, 6.07) is 7.99. The van der Waals surface area contributed by atoms with E-state index in [2.05, 4.69) is 6.58 Å². The first-order valence-electron chi connectivity index (χ1n) is 7.24. The molecule has 1 aromatic carbocycles. The summed E-state index contributed by atoms with van der Waals surface area (Å²) in [5.74, 6) is 0. The number of hydrogen-bond acceptors (Lipinski definition) is 6. The van der Waals surface area contributed by atoms with Crippen molar-refractivity contribution < 1.29 is 27.5 Å². The molecule has 1 N–H and O–H groups in total. The van der Waals surface area contributed by atoms with Crippen LogP contribution in [0.2, 0.25) is 0 Å². The highest BCUT2D eigenvalue weighted by molar-refractivity contribution is 6.54. The first-order valence-corrected chi connectivity index (χ1v) is 8.87. The molecule has 0 aromatic heterocycles. The van der Waals surface area contributed by atoms with Gasteiger partial charge in [0.05, 0.1) is 46.2 Å². The van der Waals surface area contributed by atoms with Crippen molar-refractivity contribution in [2.24, 2.45) is 0 Å². The summed E-state index contributed by atoms with van der Waals surface area (Å²) in [5.41, 5.74) is 2.17. The largest absolute Gasteiger partial charge is 0.680 e. The standard InChI is InChI=1S/C15H22O6Si/c1-2-14-3-5-15(6-4-14)13-17-9-10-19-22(18-8-7-16)20-11-12-21-22/h2-6,16H,1,7-13H2. The molecule has 0 aliphatic carbocycles. The molecule has 0 spiro atoms. The monoisotopic (exact) mass is 326 g/mol. The van der Waals surface area contributed by atoms with E-state index in [1.807, 2.05) is 24.3 Å². The average molecular weight is 326 g/mol. The zero-order chi connectivity index (χ0) is 15.7. The first-order chi connectivity index (χ1) is 10.8. The molecule has 1 fully saturated rings. The molecule has 1 heterocycles. The van der Waals surface area contributed by atoms with E-state index in [9.17, 15) is 0 Å². The summed E-state index contributed by atoms with van der Waals surface area (Å²) in [6.45, 7) is 5.91. The summed E-state index contributed by atoms with van der Waals surface area (Å²) in [5, 5.41) is 8.81. The molecule has 0 atom stereocenters. The van der Waals surface area contributed by atoms with Crippen molar-refractivity contribution in [2.45, 2.75) is 6.61 Å². The number of ether oxygens (including phenoxy) is 1. The van der Waals surface area contributed by atoms with Gasteiger partial charge in [0.1, 0.15) is 0 Å². The Morgan fingerprint density at radius 1 is 1.09 bits per heavy atom. The molecule has 0 amide bonds. The van der Waals surface area contributed by atoms with Gasteiger partial charge in [-0.1, -0.05) is 36.9 Å². The maximum Gasteiger partial charge on any atom is 0.680 e. The van der Waals surface area contributed by atoms with Crippen LogP contribution in [0, 0.1) is 0 Å². The Labute approximate surface area is 131 Å². The van der Waals surface area contributed by atoms with Gasteiger partial charge in [0.25, 0.3) is 0 Å². The molecule has 1 aromatic rings. The van der Waals surface area contributed by atoms with E-state index in [0.717, 1.165) is 11.1 Å². The van der Waals surface area contributed by atoms with Crippen LogP contribution in [0.1, 0.15) is 11.1 Å². The average Bonchev–Trinajstić information content (AvgIpc) is 3.02. The van der Waals surface area contributed by atoms with Gasteiger partial charge in [0.2, 0.25) is 0 Å². The molecule has 7 heteroatoms. The molecule has 1 aliphatic heterocycles. The quantitative estimate of drug-likeness (QED) is 0.517. The second kappa shape index (κ2) is 9.16. The first kappa shape index (κ1) is 17.3. The molecule has 22 heavy (non-hydrogen) atoms. The van der Waals surface area contributed by atoms with Crippen LogP contribution in [-0.2, 0) is 29.0 Å². The van der Waals surface area contributed by atoms with Crippen molar-refractivity contribution in [3.63, 3.8) is 0 Å². The lowest BCUT2D eigenvalue weighted by atomic mass is 10.1. The Bertz CT molecular complexity index is 444. The lowest BCUT2D eigenvalue weighted by Crippen LogP contribution is -2.46. The van der Waals surface area contributed by atoms with Gasteiger partial charge in [-0.3, -0.25) is 0 Å². The molecule has 0 radical (unpaired) electrons. The molecule has 122 valence electrons. The molecule has 0 saturated carbocycles. The second-order valence-electron chi connectivity index (χ2n) is 4.62. The van der Waals surface area contributed by atoms with Gasteiger partial charge in [0.15, 0.2) is 0 Å². The number of hydrogen-bond donors (Lipinski definition) is 1. The number of aliphatic hydroxyl groups is 1. The molecule has 0 bridgehead atoms. The molecule has 1 aliphatic rings. The molecule has 1 saturated heterocycles. The molecule has 2 rings (SSSR count). The van der Waals surface area contributed by atoms with Crippen LogP contribution in [0.5, 0.6) is 0 Å². The minimum atomic E-state index is -3.05. The Morgan fingerprint density at radius 2 is 1.77 bits per heavy atom. The van der Waals surface area contributed by atoms with Crippen LogP contribution in [-0.4, -0.2) is 53.8 Å². The summed E-state index contributed by atoms with van der Waals surface area (Å²) in [4.78, 5) is 0. The lowest BCUT2D eigenvalue weighted by Gasteiger charge is -2.21. The van der Waals surface area contributed by atoms with Gasteiger partial charge >= 0.3 is 9.05 Å². The molecule has 6 nitrogen and oxygen atoms in total. The van der Waals surface area contributed by atoms with Crippen molar-refractivity contribution in [1.29, 1.82) is 0 Å². The maximum atomic E-state index is 8.81. The maximum absolute atomic E-state index is 8.81. The van der Waals surface area contributed by atoms with Crippen LogP contribution >= 0.6 is 0 Å². The van der Waals surface area contributed by atoms with Gasteiger partial charge < -0.3 is 27.5 Å². The van der Waals surface area contributed by atoms with Crippen molar-refractivity contribution in [3.8, 4) is 0 Å². The number of aliphatic hydroxyl groups excluding tert-OH is 1. The van der Waals surface area contributed by atoms with Crippen molar-refractivity contribution in [3.05, 3.63) is 42.0 Å². The summed E-state index contributed by atoms with van der Waals surface area (Å²) in [6.07, 6.45) is 1.80. The molecular formula is C15H22O6Si. The predicted octanol–water partition coefficient (Wildman–Crippen LogP) is 1.35. The third-order valence-corrected chi connectivity index (χ3v) is 5.23. The Hall–Kier alpha value is -1.06. The van der Waals surface area contributed by atoms with Gasteiger partial charge in [-0.25, -0.2) is 0 Å². The third-order valence-electron chi connectivity index (χ3n) is 3.00. The van der Waals surface area contributed by atoms with E-state index in [0.29, 0.717) is 33.0 Å². The Kier molecular flexibility index (Phi) is 7.20. The van der Waals surface area contributed by atoms with E-state index >= 15 is 0 Å². The topological polar surface area (TPSA) is 66.4 Å². The van der Waals surface area contributed by atoms with Crippen LogP contribution in [0.3, 0.4) is 0 Å². The van der Waals surface area contributed by atoms with Gasteiger partial charge in [-0.2, -0.15) is 0 Å². The fourth-order valence-electron chi connectivity index (χ4n) is 1.92. The summed E-state index contributed by atoms with van der Waals surface area (Å²) >= 11 is 0.